The minimum absolute atomic E-state index is 0.0483. The van der Waals surface area contributed by atoms with E-state index in [-0.39, 0.29) is 24.6 Å². The summed E-state index contributed by atoms with van der Waals surface area (Å²) in [5, 5.41) is 5.32. The summed E-state index contributed by atoms with van der Waals surface area (Å²) >= 11 is 5.54. The molecule has 0 unspecified atom stereocenters. The number of nitrogens with zero attached hydrogens (tertiary/aromatic N) is 2. The Balaban J connectivity index is 2.92. The number of aryl methyl sites for hydroxylation is 1. The van der Waals surface area contributed by atoms with Crippen LogP contribution in [0.5, 0.6) is 0 Å². The second-order valence-corrected chi connectivity index (χ2v) is 3.77. The third-order valence-corrected chi connectivity index (χ3v) is 2.68. The lowest BCUT2D eigenvalue weighted by molar-refractivity contribution is -0.141. The van der Waals surface area contributed by atoms with Crippen molar-refractivity contribution in [2.24, 2.45) is 0 Å². The van der Waals surface area contributed by atoms with Crippen molar-refractivity contribution in [2.75, 3.05) is 7.05 Å². The van der Waals surface area contributed by atoms with Crippen LogP contribution in [-0.4, -0.2) is 22.7 Å². The van der Waals surface area contributed by atoms with Gasteiger partial charge < -0.3 is 5.32 Å². The lowest BCUT2D eigenvalue weighted by Gasteiger charge is -2.03. The van der Waals surface area contributed by atoms with Gasteiger partial charge in [-0.25, -0.2) is 0 Å². The first-order chi connectivity index (χ1) is 7.77. The zero-order valence-electron chi connectivity index (χ0n) is 9.23. The molecule has 0 atom stereocenters. The van der Waals surface area contributed by atoms with Crippen molar-refractivity contribution >= 4 is 17.5 Å². The molecule has 4 nitrogen and oxygen atoms in total. The Morgan fingerprint density at radius 3 is 2.53 bits per heavy atom. The van der Waals surface area contributed by atoms with E-state index in [0.717, 1.165) is 4.68 Å². The number of amides is 1. The van der Waals surface area contributed by atoms with Crippen LogP contribution in [0.4, 0.5) is 13.2 Å². The molecule has 0 aromatic carbocycles. The van der Waals surface area contributed by atoms with Gasteiger partial charge in [-0.2, -0.15) is 18.3 Å². The van der Waals surface area contributed by atoms with Gasteiger partial charge in [0.1, 0.15) is 0 Å². The molecule has 0 spiro atoms. The summed E-state index contributed by atoms with van der Waals surface area (Å²) in [6, 6.07) is 0. The number of carbonyl (C=O) groups is 1. The molecule has 8 heteroatoms. The first kappa shape index (κ1) is 13.8. The van der Waals surface area contributed by atoms with Gasteiger partial charge in [0.25, 0.3) is 0 Å². The quantitative estimate of drug-likeness (QED) is 0.912. The van der Waals surface area contributed by atoms with Crippen LogP contribution in [0.1, 0.15) is 17.8 Å². The standard InChI is InChI=1S/C9H11ClF3N3O/c1-5-7(10)8(9(11,12)13)15-16(5)4-3-6(17)14-2/h3-4H2,1-2H3,(H,14,17). The molecule has 1 aromatic rings. The SMILES string of the molecule is CNC(=O)CCn1nc(C(F)(F)F)c(Cl)c1C. The van der Waals surface area contributed by atoms with Gasteiger partial charge in [-0.3, -0.25) is 9.48 Å². The molecule has 1 rings (SSSR count). The van der Waals surface area contributed by atoms with Crippen LogP contribution in [-0.2, 0) is 17.5 Å². The molecule has 17 heavy (non-hydrogen) atoms. The highest BCUT2D eigenvalue weighted by Crippen LogP contribution is 2.35. The van der Waals surface area contributed by atoms with Crippen LogP contribution in [0.2, 0.25) is 5.02 Å². The fourth-order valence-electron chi connectivity index (χ4n) is 1.26. The number of aromatic nitrogens is 2. The number of nitrogens with one attached hydrogen (secondary N) is 1. The Hall–Kier alpha value is -1.24. The van der Waals surface area contributed by atoms with E-state index in [9.17, 15) is 18.0 Å². The number of hydrogen-bond donors (Lipinski definition) is 1. The van der Waals surface area contributed by atoms with E-state index in [4.69, 9.17) is 11.6 Å². The highest BCUT2D eigenvalue weighted by atomic mass is 35.5. The highest BCUT2D eigenvalue weighted by Gasteiger charge is 2.38. The third-order valence-electron chi connectivity index (χ3n) is 2.23. The van der Waals surface area contributed by atoms with E-state index in [1.54, 1.807) is 0 Å². The van der Waals surface area contributed by atoms with Crippen LogP contribution in [0.25, 0.3) is 0 Å². The minimum atomic E-state index is -4.58. The first-order valence-electron chi connectivity index (χ1n) is 4.78. The van der Waals surface area contributed by atoms with Crippen LogP contribution >= 0.6 is 11.6 Å². The van der Waals surface area contributed by atoms with Crippen LogP contribution < -0.4 is 5.32 Å². The number of halogens is 4. The van der Waals surface area contributed by atoms with E-state index in [1.165, 1.54) is 14.0 Å². The van der Waals surface area contributed by atoms with Gasteiger partial charge in [-0.15, -0.1) is 0 Å². The molecule has 0 fully saturated rings. The van der Waals surface area contributed by atoms with Gasteiger partial charge in [0, 0.05) is 13.5 Å². The van der Waals surface area contributed by atoms with Crippen LogP contribution in [0.3, 0.4) is 0 Å². The highest BCUT2D eigenvalue weighted by molar-refractivity contribution is 6.31. The summed E-state index contributed by atoms with van der Waals surface area (Å²) in [7, 11) is 1.45. The largest absolute Gasteiger partial charge is 0.436 e. The summed E-state index contributed by atoms with van der Waals surface area (Å²) in [5.74, 6) is -0.274. The lowest BCUT2D eigenvalue weighted by atomic mass is 10.3. The molecule has 0 saturated carbocycles. The molecule has 0 saturated heterocycles. The summed E-state index contributed by atoms with van der Waals surface area (Å²) in [6.45, 7) is 1.48. The van der Waals surface area contributed by atoms with E-state index < -0.39 is 16.9 Å². The molecule has 1 aromatic heterocycles. The summed E-state index contributed by atoms with van der Waals surface area (Å²) in [5.41, 5.74) is -0.920. The third kappa shape index (κ3) is 3.12. The number of carbonyl (C=O) groups excluding carboxylic acids is 1. The van der Waals surface area contributed by atoms with Crippen molar-refractivity contribution in [3.63, 3.8) is 0 Å². The maximum absolute atomic E-state index is 12.5. The molecule has 1 heterocycles. The lowest BCUT2D eigenvalue weighted by Crippen LogP contribution is -2.20. The van der Waals surface area contributed by atoms with Crippen molar-refractivity contribution in [3.8, 4) is 0 Å². The topological polar surface area (TPSA) is 46.9 Å². The smallest absolute Gasteiger partial charge is 0.359 e. The maximum atomic E-state index is 12.5. The molecule has 0 aliphatic carbocycles. The Morgan fingerprint density at radius 1 is 1.53 bits per heavy atom. The molecule has 0 bridgehead atoms. The fraction of sp³-hybridized carbons (Fsp3) is 0.556. The molecule has 96 valence electrons. The van der Waals surface area contributed by atoms with Gasteiger partial charge in [0.2, 0.25) is 5.91 Å². The number of alkyl halides is 3. The molecule has 1 N–H and O–H groups in total. The number of hydrogen-bond acceptors (Lipinski definition) is 2. The maximum Gasteiger partial charge on any atom is 0.436 e. The zero-order chi connectivity index (χ0) is 13.2. The van der Waals surface area contributed by atoms with Gasteiger partial charge in [0.05, 0.1) is 17.3 Å². The fourth-order valence-corrected chi connectivity index (χ4v) is 1.50. The van der Waals surface area contributed by atoms with E-state index in [1.807, 2.05) is 0 Å². The predicted octanol–water partition coefficient (Wildman–Crippen LogP) is 2.00. The number of rotatable bonds is 3. The van der Waals surface area contributed by atoms with E-state index >= 15 is 0 Å². The molecular weight excluding hydrogens is 259 g/mol. The molecular formula is C9H11ClF3N3O. The Bertz CT molecular complexity index is 428. The van der Waals surface area contributed by atoms with Crippen LogP contribution in [0.15, 0.2) is 0 Å². The van der Waals surface area contributed by atoms with Crippen molar-refractivity contribution in [3.05, 3.63) is 16.4 Å². The van der Waals surface area contributed by atoms with E-state index in [0.29, 0.717) is 0 Å². The minimum Gasteiger partial charge on any atom is -0.359 e. The Kier molecular flexibility index (Phi) is 4.03. The second-order valence-electron chi connectivity index (χ2n) is 3.39. The van der Waals surface area contributed by atoms with Gasteiger partial charge >= 0.3 is 6.18 Å². The molecule has 0 aliphatic heterocycles. The van der Waals surface area contributed by atoms with Crippen molar-refractivity contribution in [2.45, 2.75) is 26.1 Å². The predicted molar refractivity (Wildman–Crippen MR) is 55.7 cm³/mol. The summed E-state index contributed by atoms with van der Waals surface area (Å²) < 4.78 is 38.5. The second kappa shape index (κ2) is 4.95. The Morgan fingerprint density at radius 2 is 2.12 bits per heavy atom. The van der Waals surface area contributed by atoms with Crippen LogP contribution in [0, 0.1) is 6.92 Å². The summed E-state index contributed by atoms with van der Waals surface area (Å²) in [4.78, 5) is 11.0. The van der Waals surface area contributed by atoms with Crippen molar-refractivity contribution in [1.29, 1.82) is 0 Å². The molecule has 0 aliphatic rings. The van der Waals surface area contributed by atoms with Crippen molar-refractivity contribution in [1.82, 2.24) is 15.1 Å². The van der Waals surface area contributed by atoms with Crippen molar-refractivity contribution < 1.29 is 18.0 Å². The van der Waals surface area contributed by atoms with Gasteiger partial charge in [-0.05, 0) is 6.92 Å². The average Bonchev–Trinajstić information content (AvgIpc) is 2.52. The monoisotopic (exact) mass is 269 g/mol. The van der Waals surface area contributed by atoms with Gasteiger partial charge in [-0.1, -0.05) is 11.6 Å². The van der Waals surface area contributed by atoms with E-state index in [2.05, 4.69) is 10.4 Å². The molecule has 0 radical (unpaired) electrons. The van der Waals surface area contributed by atoms with Gasteiger partial charge in [0.15, 0.2) is 5.69 Å². The Labute approximate surface area is 101 Å². The normalized spacial score (nSPS) is 11.6. The zero-order valence-corrected chi connectivity index (χ0v) is 9.98. The average molecular weight is 270 g/mol. The molecule has 1 amide bonds. The first-order valence-corrected chi connectivity index (χ1v) is 5.16. The summed E-state index contributed by atoms with van der Waals surface area (Å²) in [6.07, 6.45) is -4.53.